The Morgan fingerprint density at radius 1 is 0.714 bits per heavy atom. The third-order valence-electron chi connectivity index (χ3n) is 5.79. The molecule has 1 aliphatic rings. The highest BCUT2D eigenvalue weighted by Gasteiger charge is 2.46. The van der Waals surface area contributed by atoms with Gasteiger partial charge in [-0.3, -0.25) is 0 Å². The predicted molar refractivity (Wildman–Crippen MR) is 124 cm³/mol. The number of unbranched alkanes of at least 4 members (excludes halogenated alkanes) is 11. The maximum Gasteiger partial charge on any atom is 0.480 e. The standard InChI is InChI=1S/C19H39N.C2F6NO4S2/c1-3-4-5-6-7-8-9-10-11-12-13-14-16-20-17-15-19(2)18-20;3-1(4,5)14(10,11)9-15(12,13)2(6,7)8/h19H,3-18H2,1-2H3;/q;-1/p+1. The molecule has 2 unspecified atom stereocenters. The number of hydrogen-bond acceptors (Lipinski definition) is 4. The predicted octanol–water partition coefficient (Wildman–Crippen LogP) is 5.67. The van der Waals surface area contributed by atoms with Gasteiger partial charge in [-0.05, 0) is 12.8 Å². The van der Waals surface area contributed by atoms with Crippen LogP contribution in [0.1, 0.15) is 97.3 Å². The molecule has 1 aliphatic heterocycles. The number of rotatable bonds is 15. The highest BCUT2D eigenvalue weighted by Crippen LogP contribution is 2.36. The third-order valence-corrected chi connectivity index (χ3v) is 8.53. The Labute approximate surface area is 206 Å². The zero-order valence-electron chi connectivity index (χ0n) is 20.6. The lowest BCUT2D eigenvalue weighted by Crippen LogP contribution is -3.10. The molecule has 0 spiro atoms. The maximum absolute atomic E-state index is 11.4. The summed E-state index contributed by atoms with van der Waals surface area (Å²) in [6.45, 7) is 9.04. The Morgan fingerprint density at radius 3 is 1.40 bits per heavy atom. The molecule has 1 rings (SSSR count). The molecule has 0 aromatic rings. The summed E-state index contributed by atoms with van der Waals surface area (Å²) in [7, 11) is -13.4. The second-order valence-electron chi connectivity index (χ2n) is 9.15. The number of sulfonamides is 2. The van der Waals surface area contributed by atoms with E-state index in [4.69, 9.17) is 0 Å². The van der Waals surface area contributed by atoms with E-state index in [1.807, 2.05) is 4.90 Å². The monoisotopic (exact) mass is 562 g/mol. The first-order valence-electron chi connectivity index (χ1n) is 12.2. The van der Waals surface area contributed by atoms with Crippen LogP contribution in [0.2, 0.25) is 0 Å². The Bertz CT molecular complexity index is 730. The molecule has 6 nitrogen and oxygen atoms in total. The van der Waals surface area contributed by atoms with Crippen molar-refractivity contribution < 1.29 is 48.1 Å². The van der Waals surface area contributed by atoms with E-state index in [2.05, 4.69) is 13.8 Å². The van der Waals surface area contributed by atoms with E-state index >= 15 is 0 Å². The van der Waals surface area contributed by atoms with E-state index in [1.54, 1.807) is 0 Å². The summed E-state index contributed by atoms with van der Waals surface area (Å²) >= 11 is 0. The van der Waals surface area contributed by atoms with E-state index in [-0.39, 0.29) is 0 Å². The zero-order valence-corrected chi connectivity index (χ0v) is 22.2. The number of quaternary nitrogens is 1. The van der Waals surface area contributed by atoms with Crippen LogP contribution in [-0.2, 0) is 20.0 Å². The lowest BCUT2D eigenvalue weighted by molar-refractivity contribution is -0.889. The van der Waals surface area contributed by atoms with Gasteiger partial charge < -0.3 is 9.03 Å². The average molecular weight is 563 g/mol. The van der Waals surface area contributed by atoms with Crippen molar-refractivity contribution in [1.82, 2.24) is 0 Å². The van der Waals surface area contributed by atoms with Gasteiger partial charge in [0.2, 0.25) is 0 Å². The van der Waals surface area contributed by atoms with Gasteiger partial charge in [0.15, 0.2) is 20.0 Å². The van der Waals surface area contributed by atoms with Crippen LogP contribution < -0.4 is 4.90 Å². The first-order valence-corrected chi connectivity index (χ1v) is 15.1. The summed E-state index contributed by atoms with van der Waals surface area (Å²) in [5.41, 5.74) is -12.4. The molecule has 0 amide bonds. The van der Waals surface area contributed by atoms with Crippen LogP contribution in [0.3, 0.4) is 0 Å². The largest absolute Gasteiger partial charge is 0.480 e. The molecule has 1 fully saturated rings. The fourth-order valence-electron chi connectivity index (χ4n) is 3.80. The number of nitrogens with zero attached hydrogens (tertiary/aromatic N) is 1. The first kappa shape index (κ1) is 34.4. The van der Waals surface area contributed by atoms with Gasteiger partial charge in [-0.25, -0.2) is 16.8 Å². The SMILES string of the molecule is CCCCCCCCCCCCCC[NH+]1CCC(C)C1.O=S(=O)([N-]S(=O)(=O)C(F)(F)F)C(F)(F)F. The van der Waals surface area contributed by atoms with Gasteiger partial charge in [0.25, 0.3) is 0 Å². The van der Waals surface area contributed by atoms with Gasteiger partial charge in [0.1, 0.15) is 0 Å². The topological polar surface area (TPSA) is 86.8 Å². The minimum absolute atomic E-state index is 0.778. The summed E-state index contributed by atoms with van der Waals surface area (Å²) in [5.74, 6) is 0.988. The minimum atomic E-state index is -6.72. The van der Waals surface area contributed by atoms with E-state index in [0.29, 0.717) is 0 Å². The number of hydrogen-bond donors (Lipinski definition) is 1. The van der Waals surface area contributed by atoms with Crippen molar-refractivity contribution in [2.45, 2.75) is 108 Å². The Kier molecular flexibility index (Phi) is 16.0. The summed E-state index contributed by atoms with van der Waals surface area (Å²) in [6, 6.07) is 0. The molecule has 0 saturated carbocycles. The molecule has 35 heavy (non-hydrogen) atoms. The van der Waals surface area contributed by atoms with Crippen molar-refractivity contribution in [2.75, 3.05) is 19.6 Å². The molecule has 0 radical (unpaired) electrons. The Hall–Kier alpha value is -0.600. The van der Waals surface area contributed by atoms with Gasteiger partial charge >= 0.3 is 11.0 Å². The van der Waals surface area contributed by atoms with Crippen molar-refractivity contribution in [3.8, 4) is 0 Å². The summed E-state index contributed by atoms with van der Waals surface area (Å²) < 4.78 is 109. The van der Waals surface area contributed by atoms with Crippen molar-refractivity contribution in [2.24, 2.45) is 5.92 Å². The Morgan fingerprint density at radius 2 is 1.09 bits per heavy atom. The smallest absolute Gasteiger partial charge is 0.421 e. The molecule has 14 heteroatoms. The fourth-order valence-corrected chi connectivity index (χ4v) is 5.51. The maximum atomic E-state index is 11.4. The number of halogens is 6. The van der Waals surface area contributed by atoms with Gasteiger partial charge in [-0.15, -0.1) is 0 Å². The highest BCUT2D eigenvalue weighted by atomic mass is 32.3. The average Bonchev–Trinajstić information content (AvgIpc) is 3.12. The molecule has 0 aliphatic carbocycles. The van der Waals surface area contributed by atoms with Crippen molar-refractivity contribution in [3.05, 3.63) is 4.13 Å². The Balaban J connectivity index is 0.000000691. The molecule has 0 bridgehead atoms. The molecular formula is C21H40F6N2O4S2. The van der Waals surface area contributed by atoms with E-state index in [9.17, 15) is 43.2 Å². The van der Waals surface area contributed by atoms with Crippen LogP contribution in [0.15, 0.2) is 0 Å². The molecule has 0 aromatic heterocycles. The second kappa shape index (κ2) is 16.3. The summed E-state index contributed by atoms with van der Waals surface area (Å²) in [4.78, 5) is 1.88. The van der Waals surface area contributed by atoms with Crippen molar-refractivity contribution in [3.63, 3.8) is 0 Å². The van der Waals surface area contributed by atoms with Crippen LogP contribution in [0, 0.1) is 5.92 Å². The van der Waals surface area contributed by atoms with Crippen molar-refractivity contribution in [1.29, 1.82) is 0 Å². The molecular weight excluding hydrogens is 522 g/mol. The van der Waals surface area contributed by atoms with Gasteiger partial charge in [-0.2, -0.15) is 26.3 Å². The van der Waals surface area contributed by atoms with Crippen molar-refractivity contribution >= 4 is 20.0 Å². The van der Waals surface area contributed by atoms with Gasteiger partial charge in [0, 0.05) is 12.3 Å². The highest BCUT2D eigenvalue weighted by molar-refractivity contribution is 8.13. The fraction of sp³-hybridized carbons (Fsp3) is 1.00. The normalized spacial score (nSPS) is 19.4. The summed E-state index contributed by atoms with van der Waals surface area (Å²) in [5, 5.41) is 0. The van der Waals surface area contributed by atoms with Crippen LogP contribution in [0.4, 0.5) is 26.3 Å². The van der Waals surface area contributed by atoms with E-state index < -0.39 is 31.1 Å². The van der Waals surface area contributed by atoms with Gasteiger partial charge in [-0.1, -0.05) is 78.1 Å². The number of nitrogens with one attached hydrogen (secondary N) is 1. The number of alkyl halides is 6. The molecule has 1 heterocycles. The van der Waals surface area contributed by atoms with Crippen LogP contribution in [0.25, 0.3) is 4.13 Å². The second-order valence-corrected chi connectivity index (χ2v) is 12.6. The van der Waals surface area contributed by atoms with E-state index in [1.165, 1.54) is 103 Å². The quantitative estimate of drug-likeness (QED) is 0.206. The third kappa shape index (κ3) is 15.3. The number of likely N-dealkylation sites (tertiary alicyclic amines) is 1. The molecule has 0 aromatic carbocycles. The lowest BCUT2D eigenvalue weighted by atomic mass is 10.1. The minimum Gasteiger partial charge on any atom is -0.421 e. The lowest BCUT2D eigenvalue weighted by Gasteiger charge is -2.22. The molecule has 1 saturated heterocycles. The molecule has 2 atom stereocenters. The van der Waals surface area contributed by atoms with Crippen LogP contribution >= 0.6 is 0 Å². The van der Waals surface area contributed by atoms with E-state index in [0.717, 1.165) is 10.0 Å². The molecule has 1 N–H and O–H groups in total. The first-order chi connectivity index (χ1) is 16.0. The zero-order chi connectivity index (χ0) is 27.2. The van der Waals surface area contributed by atoms with Crippen LogP contribution in [-0.4, -0.2) is 47.5 Å². The van der Waals surface area contributed by atoms with Gasteiger partial charge in [0.05, 0.1) is 19.6 Å². The molecule has 212 valence electrons. The van der Waals surface area contributed by atoms with Crippen LogP contribution in [0.5, 0.6) is 0 Å². The summed E-state index contributed by atoms with van der Waals surface area (Å²) in [6.07, 6.45) is 19.1.